The fourth-order valence-electron chi connectivity index (χ4n) is 2.57. The molecule has 2 aromatic rings. The first-order valence-electron chi connectivity index (χ1n) is 6.41. The third-order valence-electron chi connectivity index (χ3n) is 3.60. The van der Waals surface area contributed by atoms with Gasteiger partial charge < -0.3 is 10.5 Å². The van der Waals surface area contributed by atoms with E-state index >= 15 is 0 Å². The number of aryl methyl sites for hydroxylation is 1. The highest BCUT2D eigenvalue weighted by molar-refractivity contribution is 6.32. The van der Waals surface area contributed by atoms with Gasteiger partial charge in [-0.1, -0.05) is 41.9 Å². The van der Waals surface area contributed by atoms with E-state index in [9.17, 15) is 0 Å². The van der Waals surface area contributed by atoms with Gasteiger partial charge in [0, 0.05) is 6.42 Å². The summed E-state index contributed by atoms with van der Waals surface area (Å²) in [7, 11) is 0. The van der Waals surface area contributed by atoms with E-state index in [4.69, 9.17) is 22.1 Å². The average Bonchev–Trinajstić information content (AvgIpc) is 2.70. The molecule has 0 heterocycles. The Kier molecular flexibility index (Phi) is 3.21. The standard InChI is InChI=1S/C16H16ClNO/c1-10-6-7-14(13(17)8-10)19-15-9-11-4-2-3-5-12(11)16(15)18/h2-8,15-16H,9,18H2,1H3. The van der Waals surface area contributed by atoms with E-state index in [2.05, 4.69) is 12.1 Å². The van der Waals surface area contributed by atoms with Gasteiger partial charge in [-0.15, -0.1) is 0 Å². The zero-order valence-corrected chi connectivity index (χ0v) is 11.5. The van der Waals surface area contributed by atoms with Crippen LogP contribution in [0.25, 0.3) is 0 Å². The summed E-state index contributed by atoms with van der Waals surface area (Å²) >= 11 is 6.20. The van der Waals surface area contributed by atoms with Crippen LogP contribution in [0.3, 0.4) is 0 Å². The van der Waals surface area contributed by atoms with E-state index < -0.39 is 0 Å². The van der Waals surface area contributed by atoms with Crippen molar-refractivity contribution < 1.29 is 4.74 Å². The number of rotatable bonds is 2. The molecule has 0 saturated carbocycles. The van der Waals surface area contributed by atoms with Crippen molar-refractivity contribution in [1.82, 2.24) is 0 Å². The van der Waals surface area contributed by atoms with Crippen molar-refractivity contribution in [3.63, 3.8) is 0 Å². The molecule has 0 spiro atoms. The van der Waals surface area contributed by atoms with Crippen molar-refractivity contribution in [2.24, 2.45) is 5.73 Å². The molecule has 0 aromatic heterocycles. The molecule has 0 bridgehead atoms. The molecule has 0 fully saturated rings. The highest BCUT2D eigenvalue weighted by atomic mass is 35.5. The summed E-state index contributed by atoms with van der Waals surface area (Å²) in [6.45, 7) is 2.01. The van der Waals surface area contributed by atoms with Gasteiger partial charge in [-0.3, -0.25) is 0 Å². The second-order valence-electron chi connectivity index (χ2n) is 5.02. The Labute approximate surface area is 118 Å². The van der Waals surface area contributed by atoms with Gasteiger partial charge in [0.25, 0.3) is 0 Å². The van der Waals surface area contributed by atoms with Crippen LogP contribution in [0.4, 0.5) is 0 Å². The smallest absolute Gasteiger partial charge is 0.138 e. The van der Waals surface area contributed by atoms with Crippen molar-refractivity contribution >= 4 is 11.6 Å². The number of ether oxygens (including phenoxy) is 1. The summed E-state index contributed by atoms with van der Waals surface area (Å²) in [5.41, 5.74) is 9.82. The van der Waals surface area contributed by atoms with Gasteiger partial charge in [-0.25, -0.2) is 0 Å². The van der Waals surface area contributed by atoms with Crippen molar-refractivity contribution in [1.29, 1.82) is 0 Å². The Bertz CT molecular complexity index is 611. The lowest BCUT2D eigenvalue weighted by Gasteiger charge is -2.19. The molecule has 2 N–H and O–H groups in total. The van der Waals surface area contributed by atoms with E-state index in [1.165, 1.54) is 11.1 Å². The number of hydrogen-bond acceptors (Lipinski definition) is 2. The molecule has 0 amide bonds. The molecular weight excluding hydrogens is 258 g/mol. The van der Waals surface area contributed by atoms with Crippen molar-refractivity contribution in [2.45, 2.75) is 25.5 Å². The van der Waals surface area contributed by atoms with Gasteiger partial charge in [0.15, 0.2) is 0 Å². The maximum Gasteiger partial charge on any atom is 0.138 e. The van der Waals surface area contributed by atoms with Crippen LogP contribution in [0, 0.1) is 6.92 Å². The van der Waals surface area contributed by atoms with Gasteiger partial charge in [0.2, 0.25) is 0 Å². The molecule has 2 unspecified atom stereocenters. The molecule has 2 aromatic carbocycles. The first-order valence-corrected chi connectivity index (χ1v) is 6.79. The van der Waals surface area contributed by atoms with Crippen LogP contribution < -0.4 is 10.5 Å². The highest BCUT2D eigenvalue weighted by Gasteiger charge is 2.31. The molecule has 0 aliphatic heterocycles. The van der Waals surface area contributed by atoms with Crippen molar-refractivity contribution in [3.05, 3.63) is 64.2 Å². The summed E-state index contributed by atoms with van der Waals surface area (Å²) in [6, 6.07) is 13.9. The van der Waals surface area contributed by atoms with Crippen molar-refractivity contribution in [3.8, 4) is 5.75 Å². The summed E-state index contributed by atoms with van der Waals surface area (Å²) in [4.78, 5) is 0. The Hall–Kier alpha value is -1.51. The lowest BCUT2D eigenvalue weighted by molar-refractivity contribution is 0.185. The monoisotopic (exact) mass is 273 g/mol. The molecule has 19 heavy (non-hydrogen) atoms. The first-order chi connectivity index (χ1) is 9.15. The predicted octanol–water partition coefficient (Wildman–Crippen LogP) is 3.65. The van der Waals surface area contributed by atoms with E-state index in [0.29, 0.717) is 10.8 Å². The second kappa shape index (κ2) is 4.87. The molecular formula is C16H16ClNO. The van der Waals surface area contributed by atoms with Crippen LogP contribution in [-0.2, 0) is 6.42 Å². The van der Waals surface area contributed by atoms with E-state index in [1.54, 1.807) is 0 Å². The zero-order valence-electron chi connectivity index (χ0n) is 10.8. The number of fused-ring (bicyclic) bond motifs is 1. The largest absolute Gasteiger partial charge is 0.487 e. The topological polar surface area (TPSA) is 35.2 Å². The SMILES string of the molecule is Cc1ccc(OC2Cc3ccccc3C2N)c(Cl)c1. The minimum Gasteiger partial charge on any atom is -0.487 e. The van der Waals surface area contributed by atoms with Crippen LogP contribution >= 0.6 is 11.6 Å². The summed E-state index contributed by atoms with van der Waals surface area (Å²) in [6.07, 6.45) is 0.791. The molecule has 0 radical (unpaired) electrons. The number of hydrogen-bond donors (Lipinski definition) is 1. The first kappa shape index (κ1) is 12.5. The number of benzene rings is 2. The molecule has 2 nitrogen and oxygen atoms in total. The summed E-state index contributed by atoms with van der Waals surface area (Å²) in [5.74, 6) is 0.709. The minimum atomic E-state index is -0.0893. The van der Waals surface area contributed by atoms with Gasteiger partial charge in [-0.05, 0) is 35.7 Å². The van der Waals surface area contributed by atoms with Crippen LogP contribution in [0.2, 0.25) is 5.02 Å². The highest BCUT2D eigenvalue weighted by Crippen LogP contribution is 2.34. The lowest BCUT2D eigenvalue weighted by Crippen LogP contribution is -2.27. The van der Waals surface area contributed by atoms with Crippen LogP contribution in [0.1, 0.15) is 22.7 Å². The molecule has 1 aliphatic carbocycles. The molecule has 2 atom stereocenters. The fourth-order valence-corrected chi connectivity index (χ4v) is 2.85. The summed E-state index contributed by atoms with van der Waals surface area (Å²) < 4.78 is 6.00. The Morgan fingerprint density at radius 1 is 1.21 bits per heavy atom. The van der Waals surface area contributed by atoms with Crippen molar-refractivity contribution in [2.75, 3.05) is 0 Å². The quantitative estimate of drug-likeness (QED) is 0.906. The number of nitrogens with two attached hydrogens (primary N) is 1. The Balaban J connectivity index is 1.83. The molecule has 98 valence electrons. The maximum atomic E-state index is 6.25. The maximum absolute atomic E-state index is 6.25. The predicted molar refractivity (Wildman–Crippen MR) is 77.7 cm³/mol. The molecule has 3 rings (SSSR count). The zero-order chi connectivity index (χ0) is 13.4. The fraction of sp³-hybridized carbons (Fsp3) is 0.250. The van der Waals surface area contributed by atoms with Gasteiger partial charge in [-0.2, -0.15) is 0 Å². The van der Waals surface area contributed by atoms with E-state index in [1.807, 2.05) is 37.3 Å². The van der Waals surface area contributed by atoms with Gasteiger partial charge in [0.05, 0.1) is 11.1 Å². The Morgan fingerprint density at radius 3 is 2.74 bits per heavy atom. The van der Waals surface area contributed by atoms with E-state index in [0.717, 1.165) is 12.0 Å². The number of halogens is 1. The third kappa shape index (κ3) is 2.34. The molecule has 1 aliphatic rings. The van der Waals surface area contributed by atoms with Crippen LogP contribution in [0.15, 0.2) is 42.5 Å². The molecule has 0 saturated heterocycles. The normalized spacial score (nSPS) is 21.2. The van der Waals surface area contributed by atoms with Crippen LogP contribution in [0.5, 0.6) is 5.75 Å². The lowest BCUT2D eigenvalue weighted by atomic mass is 10.1. The van der Waals surface area contributed by atoms with Crippen LogP contribution in [-0.4, -0.2) is 6.10 Å². The molecule has 3 heteroatoms. The van der Waals surface area contributed by atoms with Gasteiger partial charge in [0.1, 0.15) is 11.9 Å². The second-order valence-corrected chi connectivity index (χ2v) is 5.43. The van der Waals surface area contributed by atoms with Gasteiger partial charge >= 0.3 is 0 Å². The van der Waals surface area contributed by atoms with E-state index in [-0.39, 0.29) is 12.1 Å². The third-order valence-corrected chi connectivity index (χ3v) is 3.90. The summed E-state index contributed by atoms with van der Waals surface area (Å²) in [5, 5.41) is 0.642. The Morgan fingerprint density at radius 2 is 2.00 bits per heavy atom. The minimum absolute atomic E-state index is 0.0439. The average molecular weight is 274 g/mol.